The second-order valence-electron chi connectivity index (χ2n) is 4.33. The van der Waals surface area contributed by atoms with Crippen LogP contribution in [-0.2, 0) is 14.6 Å². The number of alkyl halides is 2. The minimum atomic E-state index is -4.68. The molecular formula is C12H14F2N2O5S. The van der Waals surface area contributed by atoms with E-state index >= 15 is 0 Å². The van der Waals surface area contributed by atoms with Gasteiger partial charge in [-0.25, -0.2) is 13.2 Å². The predicted molar refractivity (Wildman–Crippen MR) is 73.5 cm³/mol. The van der Waals surface area contributed by atoms with E-state index in [0.29, 0.717) is 0 Å². The number of sulfone groups is 1. The summed E-state index contributed by atoms with van der Waals surface area (Å²) in [6, 6.07) is 3.63. The van der Waals surface area contributed by atoms with Gasteiger partial charge in [0.1, 0.15) is 0 Å². The first-order chi connectivity index (χ1) is 10.1. The molecule has 0 saturated heterocycles. The molecule has 122 valence electrons. The Bertz CT molecular complexity index is 646. The van der Waals surface area contributed by atoms with Crippen molar-refractivity contribution in [1.82, 2.24) is 4.90 Å². The van der Waals surface area contributed by atoms with Gasteiger partial charge in [0.05, 0.1) is 11.3 Å². The molecule has 1 aromatic rings. The van der Waals surface area contributed by atoms with Gasteiger partial charge in [0.25, 0.3) is 0 Å². The van der Waals surface area contributed by atoms with Crippen LogP contribution in [0.25, 0.3) is 0 Å². The lowest BCUT2D eigenvalue weighted by atomic mass is 10.3. The van der Waals surface area contributed by atoms with E-state index in [1.165, 1.54) is 7.05 Å². The van der Waals surface area contributed by atoms with Crippen LogP contribution in [-0.4, -0.2) is 49.8 Å². The minimum absolute atomic E-state index is 0.0149. The number of nitrogens with one attached hydrogen (secondary N) is 1. The van der Waals surface area contributed by atoms with Gasteiger partial charge in [-0.2, -0.15) is 8.78 Å². The van der Waals surface area contributed by atoms with Gasteiger partial charge in [-0.05, 0) is 24.3 Å². The molecule has 10 heteroatoms. The van der Waals surface area contributed by atoms with Crippen molar-refractivity contribution in [3.05, 3.63) is 24.3 Å². The largest absolute Gasteiger partial charge is 0.481 e. The normalized spacial score (nSPS) is 11.3. The van der Waals surface area contributed by atoms with Gasteiger partial charge in [0.15, 0.2) is 0 Å². The molecule has 1 aromatic carbocycles. The van der Waals surface area contributed by atoms with Gasteiger partial charge >= 0.3 is 17.8 Å². The summed E-state index contributed by atoms with van der Waals surface area (Å²) in [7, 11) is -3.30. The number of halogens is 2. The Kier molecular flexibility index (Phi) is 5.80. The standard InChI is InChI=1S/C12H14F2N2O5S/c1-16(7-6-10(17)18)12(19)15-8-2-4-9(5-3-8)22(20,21)11(13)14/h2-5,11H,6-7H2,1H3,(H,15,19)(H,17,18). The molecule has 0 aliphatic heterocycles. The van der Waals surface area contributed by atoms with E-state index in [9.17, 15) is 26.8 Å². The lowest BCUT2D eigenvalue weighted by molar-refractivity contribution is -0.137. The number of nitrogens with zero attached hydrogens (tertiary/aromatic N) is 1. The third-order valence-electron chi connectivity index (χ3n) is 2.68. The number of anilines is 1. The van der Waals surface area contributed by atoms with Gasteiger partial charge in [0, 0.05) is 19.3 Å². The number of benzene rings is 1. The summed E-state index contributed by atoms with van der Waals surface area (Å²) < 4.78 is 47.1. The topological polar surface area (TPSA) is 104 Å². The fraction of sp³-hybridized carbons (Fsp3) is 0.333. The Morgan fingerprint density at radius 2 is 1.82 bits per heavy atom. The average molecular weight is 336 g/mol. The van der Waals surface area contributed by atoms with E-state index < -0.39 is 32.5 Å². The molecule has 2 N–H and O–H groups in total. The SMILES string of the molecule is CN(CCC(=O)O)C(=O)Nc1ccc(S(=O)(=O)C(F)F)cc1. The third kappa shape index (κ3) is 4.65. The number of urea groups is 1. The number of carboxylic acids is 1. The minimum Gasteiger partial charge on any atom is -0.481 e. The molecule has 0 atom stereocenters. The van der Waals surface area contributed by atoms with Crippen molar-refractivity contribution in [1.29, 1.82) is 0 Å². The maximum absolute atomic E-state index is 12.4. The molecule has 0 aliphatic carbocycles. The number of amides is 2. The van der Waals surface area contributed by atoms with Crippen molar-refractivity contribution in [3.8, 4) is 0 Å². The Hall–Kier alpha value is -2.23. The molecule has 0 unspecified atom stereocenters. The molecule has 22 heavy (non-hydrogen) atoms. The van der Waals surface area contributed by atoms with Gasteiger partial charge in [-0.15, -0.1) is 0 Å². The number of rotatable bonds is 6. The molecule has 1 rings (SSSR count). The molecule has 0 spiro atoms. The fourth-order valence-corrected chi connectivity index (χ4v) is 2.14. The van der Waals surface area contributed by atoms with Gasteiger partial charge in [0.2, 0.25) is 9.84 Å². The molecule has 0 bridgehead atoms. The van der Waals surface area contributed by atoms with Crippen LogP contribution < -0.4 is 5.32 Å². The Morgan fingerprint density at radius 3 is 2.27 bits per heavy atom. The maximum Gasteiger partial charge on any atom is 0.341 e. The number of carbonyl (C=O) groups is 2. The van der Waals surface area contributed by atoms with Crippen molar-refractivity contribution >= 4 is 27.5 Å². The highest BCUT2D eigenvalue weighted by molar-refractivity contribution is 7.91. The lowest BCUT2D eigenvalue weighted by Crippen LogP contribution is -2.33. The zero-order valence-corrected chi connectivity index (χ0v) is 12.3. The van der Waals surface area contributed by atoms with E-state index in [-0.39, 0.29) is 18.7 Å². The van der Waals surface area contributed by atoms with Gasteiger partial charge < -0.3 is 15.3 Å². The van der Waals surface area contributed by atoms with E-state index in [2.05, 4.69) is 5.32 Å². The number of aliphatic carboxylic acids is 1. The van der Waals surface area contributed by atoms with Crippen molar-refractivity contribution in [2.45, 2.75) is 17.1 Å². The zero-order valence-electron chi connectivity index (χ0n) is 11.5. The van der Waals surface area contributed by atoms with Crippen LogP contribution in [0, 0.1) is 0 Å². The molecule has 0 aromatic heterocycles. The Morgan fingerprint density at radius 1 is 1.27 bits per heavy atom. The molecule has 0 radical (unpaired) electrons. The molecule has 2 amide bonds. The van der Waals surface area contributed by atoms with Crippen molar-refractivity contribution in [3.63, 3.8) is 0 Å². The van der Waals surface area contributed by atoms with E-state index in [1.807, 2.05) is 0 Å². The van der Waals surface area contributed by atoms with E-state index in [1.54, 1.807) is 0 Å². The summed E-state index contributed by atoms with van der Waals surface area (Å²) in [6.45, 7) is -0.0149. The van der Waals surface area contributed by atoms with Gasteiger partial charge in [-0.1, -0.05) is 0 Å². The van der Waals surface area contributed by atoms with Crippen LogP contribution in [0.3, 0.4) is 0 Å². The van der Waals surface area contributed by atoms with E-state index in [0.717, 1.165) is 29.2 Å². The summed E-state index contributed by atoms with van der Waals surface area (Å²) in [4.78, 5) is 22.7. The zero-order chi connectivity index (χ0) is 16.9. The number of hydrogen-bond donors (Lipinski definition) is 2. The molecule has 0 saturated carbocycles. The van der Waals surface area contributed by atoms with Crippen LogP contribution in [0.2, 0.25) is 0 Å². The highest BCUT2D eigenvalue weighted by Gasteiger charge is 2.26. The molecule has 0 aliphatic rings. The summed E-state index contributed by atoms with van der Waals surface area (Å²) >= 11 is 0. The first-order valence-electron chi connectivity index (χ1n) is 6.00. The second-order valence-corrected chi connectivity index (χ2v) is 6.24. The van der Waals surface area contributed by atoms with Crippen LogP contribution in [0.15, 0.2) is 29.2 Å². The third-order valence-corrected chi connectivity index (χ3v) is 4.07. The number of carbonyl (C=O) groups excluding carboxylic acids is 1. The first-order valence-corrected chi connectivity index (χ1v) is 7.55. The predicted octanol–water partition coefficient (Wildman–Crippen LogP) is 1.62. The first kappa shape index (κ1) is 17.8. The monoisotopic (exact) mass is 336 g/mol. The molecule has 0 heterocycles. The summed E-state index contributed by atoms with van der Waals surface area (Å²) in [5, 5.41) is 10.9. The van der Waals surface area contributed by atoms with Gasteiger partial charge in [-0.3, -0.25) is 4.79 Å². The number of carboxylic acid groups (broad SMARTS) is 1. The highest BCUT2D eigenvalue weighted by Crippen LogP contribution is 2.20. The maximum atomic E-state index is 12.4. The van der Waals surface area contributed by atoms with Crippen molar-refractivity contribution in [2.75, 3.05) is 18.9 Å². The second kappa shape index (κ2) is 7.16. The highest BCUT2D eigenvalue weighted by atomic mass is 32.2. The van der Waals surface area contributed by atoms with Crippen molar-refractivity contribution in [2.24, 2.45) is 0 Å². The van der Waals surface area contributed by atoms with Crippen LogP contribution in [0.1, 0.15) is 6.42 Å². The quantitative estimate of drug-likeness (QED) is 0.821. The van der Waals surface area contributed by atoms with Crippen LogP contribution >= 0.6 is 0 Å². The van der Waals surface area contributed by atoms with Crippen LogP contribution in [0.5, 0.6) is 0 Å². The molecule has 0 fully saturated rings. The van der Waals surface area contributed by atoms with Crippen molar-refractivity contribution < 1.29 is 31.9 Å². The number of hydrogen-bond acceptors (Lipinski definition) is 4. The Labute approximate surface area is 125 Å². The average Bonchev–Trinajstić information content (AvgIpc) is 2.44. The van der Waals surface area contributed by atoms with Crippen LogP contribution in [0.4, 0.5) is 19.3 Å². The lowest BCUT2D eigenvalue weighted by Gasteiger charge is -2.17. The summed E-state index contributed by atoms with van der Waals surface area (Å²) in [6.07, 6.45) is -0.227. The molecule has 7 nitrogen and oxygen atoms in total. The molecular weight excluding hydrogens is 322 g/mol. The smallest absolute Gasteiger partial charge is 0.341 e. The Balaban J connectivity index is 2.72. The fourth-order valence-electron chi connectivity index (χ4n) is 1.41. The summed E-state index contributed by atoms with van der Waals surface area (Å²) in [5.74, 6) is -4.57. The summed E-state index contributed by atoms with van der Waals surface area (Å²) in [5.41, 5.74) is 0.195. The van der Waals surface area contributed by atoms with E-state index in [4.69, 9.17) is 5.11 Å².